The smallest absolute Gasteiger partial charge is 0.302 e. The molecule has 3 aliphatic heterocycles. The quantitative estimate of drug-likeness (QED) is 0.127. The molecule has 37 heavy (non-hydrogen) atoms. The van der Waals surface area contributed by atoms with Gasteiger partial charge in [0, 0.05) is 6.92 Å². The van der Waals surface area contributed by atoms with E-state index in [0.29, 0.717) is 0 Å². The molecule has 3 rings (SSSR count). The fourth-order valence-electron chi connectivity index (χ4n) is 4.24. The standard InChI is InChI=1S/C20H34O17/c1-5(23)32-4-8-9(24)11(26)14(29)19(35-8)37-17-10(25)6(2-21)34-20(15(17)30)36-16-7(3-22)33-18(31)13(28)12(16)27/h6-22,24-31H,2-4H2,1H3/t6-,7-,8-,9-,10-,11+,12-,13-,14+,15-,16-,17+,18?,19-,20+/m1/s1. The third-order valence-corrected chi connectivity index (χ3v) is 6.36. The minimum absolute atomic E-state index is 0.527. The Kier molecular flexibility index (Phi) is 10.5. The van der Waals surface area contributed by atoms with Gasteiger partial charge in [-0.3, -0.25) is 4.79 Å². The van der Waals surface area contributed by atoms with Gasteiger partial charge in [0.15, 0.2) is 18.9 Å². The Morgan fingerprint density at radius 3 is 1.78 bits per heavy atom. The van der Waals surface area contributed by atoms with E-state index in [0.717, 1.165) is 6.92 Å². The van der Waals surface area contributed by atoms with Crippen LogP contribution in [0, 0.1) is 0 Å². The molecule has 3 heterocycles. The first-order valence-corrected chi connectivity index (χ1v) is 11.5. The molecule has 0 amide bonds. The zero-order valence-electron chi connectivity index (χ0n) is 19.6. The van der Waals surface area contributed by atoms with Gasteiger partial charge in [-0.25, -0.2) is 0 Å². The van der Waals surface area contributed by atoms with Crippen LogP contribution in [0.3, 0.4) is 0 Å². The molecule has 0 radical (unpaired) electrons. The van der Waals surface area contributed by atoms with Crippen LogP contribution in [-0.2, 0) is 33.2 Å². The van der Waals surface area contributed by atoms with E-state index in [9.17, 15) is 55.9 Å². The van der Waals surface area contributed by atoms with Crippen molar-refractivity contribution in [1.29, 1.82) is 0 Å². The van der Waals surface area contributed by atoms with Crippen molar-refractivity contribution >= 4 is 5.97 Å². The van der Waals surface area contributed by atoms with Gasteiger partial charge in [-0.2, -0.15) is 0 Å². The summed E-state index contributed by atoms with van der Waals surface area (Å²) in [4.78, 5) is 11.1. The summed E-state index contributed by atoms with van der Waals surface area (Å²) in [7, 11) is 0. The van der Waals surface area contributed by atoms with E-state index in [1.54, 1.807) is 0 Å². The molecule has 0 bridgehead atoms. The number of aliphatic hydroxyl groups is 10. The van der Waals surface area contributed by atoms with Crippen LogP contribution < -0.4 is 0 Å². The second-order valence-corrected chi connectivity index (χ2v) is 8.95. The van der Waals surface area contributed by atoms with E-state index >= 15 is 0 Å². The van der Waals surface area contributed by atoms with Gasteiger partial charge in [-0.1, -0.05) is 0 Å². The summed E-state index contributed by atoms with van der Waals surface area (Å²) >= 11 is 0. The van der Waals surface area contributed by atoms with E-state index in [1.807, 2.05) is 0 Å². The highest BCUT2D eigenvalue weighted by Crippen LogP contribution is 2.32. The molecular formula is C20H34O17. The Bertz CT molecular complexity index is 740. The van der Waals surface area contributed by atoms with Crippen LogP contribution >= 0.6 is 0 Å². The average Bonchev–Trinajstić information content (AvgIpc) is 2.86. The maximum absolute atomic E-state index is 11.1. The van der Waals surface area contributed by atoms with Gasteiger partial charge in [0.1, 0.15) is 79.9 Å². The summed E-state index contributed by atoms with van der Waals surface area (Å²) in [5.74, 6) is -0.720. The van der Waals surface area contributed by atoms with E-state index in [2.05, 4.69) is 0 Å². The molecule has 3 fully saturated rings. The number of ether oxygens (including phenoxy) is 6. The molecule has 15 atom stereocenters. The van der Waals surface area contributed by atoms with Crippen molar-refractivity contribution < 1.29 is 84.3 Å². The van der Waals surface area contributed by atoms with Gasteiger partial charge in [-0.05, 0) is 0 Å². The minimum atomic E-state index is -1.93. The first kappa shape index (κ1) is 30.4. The number of hydrogen-bond acceptors (Lipinski definition) is 17. The fourth-order valence-corrected chi connectivity index (χ4v) is 4.24. The number of carbonyl (C=O) groups excluding carboxylic acids is 1. The van der Waals surface area contributed by atoms with Crippen molar-refractivity contribution in [3.8, 4) is 0 Å². The van der Waals surface area contributed by atoms with Crippen molar-refractivity contribution in [2.24, 2.45) is 0 Å². The van der Waals surface area contributed by atoms with Crippen LogP contribution in [-0.4, -0.2) is 169 Å². The highest BCUT2D eigenvalue weighted by atomic mass is 16.7. The van der Waals surface area contributed by atoms with E-state index in [1.165, 1.54) is 0 Å². The van der Waals surface area contributed by atoms with Gasteiger partial charge in [0.05, 0.1) is 13.2 Å². The predicted octanol–water partition coefficient (Wildman–Crippen LogP) is -7.00. The molecule has 17 heteroatoms. The lowest BCUT2D eigenvalue weighted by atomic mass is 9.96. The molecule has 0 saturated carbocycles. The van der Waals surface area contributed by atoms with Gasteiger partial charge >= 0.3 is 5.97 Å². The van der Waals surface area contributed by atoms with Crippen LogP contribution in [0.5, 0.6) is 0 Å². The van der Waals surface area contributed by atoms with Crippen molar-refractivity contribution in [3.05, 3.63) is 0 Å². The Balaban J connectivity index is 1.77. The number of carbonyl (C=O) groups is 1. The summed E-state index contributed by atoms with van der Waals surface area (Å²) in [6, 6.07) is 0. The maximum Gasteiger partial charge on any atom is 0.302 e. The highest BCUT2D eigenvalue weighted by Gasteiger charge is 2.53. The minimum Gasteiger partial charge on any atom is -0.463 e. The molecule has 0 aromatic carbocycles. The zero-order valence-corrected chi connectivity index (χ0v) is 19.6. The first-order chi connectivity index (χ1) is 17.4. The van der Waals surface area contributed by atoms with Crippen LogP contribution in [0.1, 0.15) is 6.92 Å². The van der Waals surface area contributed by atoms with Gasteiger partial charge < -0.3 is 79.5 Å². The molecule has 3 saturated heterocycles. The number of aliphatic hydroxyl groups excluding tert-OH is 10. The lowest BCUT2D eigenvalue weighted by molar-refractivity contribution is -0.378. The van der Waals surface area contributed by atoms with Crippen LogP contribution in [0.2, 0.25) is 0 Å². The SMILES string of the molecule is CC(=O)OC[C@H]1O[C@H](O[C@@H]2[C@@H](O)[C@H](O[C@H]3[C@H](O)[C@@H](O)C(O)O[C@@H]3CO)O[C@H](CO)[C@H]2O)[C@@H](O)[C@@H](O)[C@@H]1O. The molecule has 1 unspecified atom stereocenters. The van der Waals surface area contributed by atoms with Crippen molar-refractivity contribution in [3.63, 3.8) is 0 Å². The highest BCUT2D eigenvalue weighted by molar-refractivity contribution is 5.65. The molecule has 0 aliphatic carbocycles. The topological polar surface area (TPSA) is 275 Å². The predicted molar refractivity (Wildman–Crippen MR) is 111 cm³/mol. The van der Waals surface area contributed by atoms with Gasteiger partial charge in [0.25, 0.3) is 0 Å². The summed E-state index contributed by atoms with van der Waals surface area (Å²) in [6.45, 7) is -1.05. The molecule has 3 aliphatic rings. The monoisotopic (exact) mass is 546 g/mol. The first-order valence-electron chi connectivity index (χ1n) is 11.5. The van der Waals surface area contributed by atoms with Crippen molar-refractivity contribution in [1.82, 2.24) is 0 Å². The second kappa shape index (κ2) is 12.8. The summed E-state index contributed by atoms with van der Waals surface area (Å²) in [6.07, 6.45) is -25.8. The van der Waals surface area contributed by atoms with E-state index in [-0.39, 0.29) is 0 Å². The normalized spacial score (nSPS) is 49.0. The number of hydrogen-bond donors (Lipinski definition) is 10. The van der Waals surface area contributed by atoms with Crippen molar-refractivity contribution in [2.75, 3.05) is 19.8 Å². The summed E-state index contributed by atoms with van der Waals surface area (Å²) < 4.78 is 31.5. The van der Waals surface area contributed by atoms with Gasteiger partial charge in [-0.15, -0.1) is 0 Å². The maximum atomic E-state index is 11.1. The second-order valence-electron chi connectivity index (χ2n) is 8.95. The largest absolute Gasteiger partial charge is 0.463 e. The molecular weight excluding hydrogens is 512 g/mol. The Morgan fingerprint density at radius 1 is 0.622 bits per heavy atom. The van der Waals surface area contributed by atoms with E-state index < -0.39 is 118 Å². The molecule has 216 valence electrons. The van der Waals surface area contributed by atoms with Crippen molar-refractivity contribution in [2.45, 2.75) is 99.0 Å². The number of esters is 1. The average molecular weight is 546 g/mol. The van der Waals surface area contributed by atoms with Crippen LogP contribution in [0.4, 0.5) is 0 Å². The zero-order chi connectivity index (χ0) is 27.6. The third-order valence-electron chi connectivity index (χ3n) is 6.36. The molecule has 0 aromatic heterocycles. The molecule has 17 nitrogen and oxygen atoms in total. The molecule has 10 N–H and O–H groups in total. The lowest BCUT2D eigenvalue weighted by Gasteiger charge is -2.47. The Hall–Kier alpha value is -1.13. The third kappa shape index (κ3) is 6.55. The Labute approximate surface area is 209 Å². The van der Waals surface area contributed by atoms with E-state index in [4.69, 9.17) is 28.4 Å². The Morgan fingerprint density at radius 2 is 1.19 bits per heavy atom. The molecule has 0 aromatic rings. The molecule has 0 spiro atoms. The lowest BCUT2D eigenvalue weighted by Crippen LogP contribution is -2.66. The summed E-state index contributed by atoms with van der Waals surface area (Å²) in [5.41, 5.74) is 0. The van der Waals surface area contributed by atoms with Crippen LogP contribution in [0.25, 0.3) is 0 Å². The summed E-state index contributed by atoms with van der Waals surface area (Å²) in [5, 5.41) is 101. The number of rotatable bonds is 8. The van der Waals surface area contributed by atoms with Gasteiger partial charge in [0.2, 0.25) is 0 Å². The fraction of sp³-hybridized carbons (Fsp3) is 0.950. The van der Waals surface area contributed by atoms with Crippen LogP contribution in [0.15, 0.2) is 0 Å².